The zero-order valence-corrected chi connectivity index (χ0v) is 25.7. The first-order valence-corrected chi connectivity index (χ1v) is 14.2. The Hall–Kier alpha value is -4.31. The number of methoxy groups -OCH3 is 1. The topological polar surface area (TPSA) is 97.6 Å². The van der Waals surface area contributed by atoms with E-state index >= 15 is 0 Å². The fourth-order valence-corrected chi connectivity index (χ4v) is 5.51. The quantitative estimate of drug-likeness (QED) is 0.272. The number of hydrogen-bond acceptors (Lipinski definition) is 6. The first kappa shape index (κ1) is 30.2. The monoisotopic (exact) mass is 605 g/mol. The molecule has 0 N–H and O–H groups in total. The molecule has 0 saturated carbocycles. The Bertz CT molecular complexity index is 1740. The van der Waals surface area contributed by atoms with Gasteiger partial charge in [0.05, 0.1) is 23.2 Å². The van der Waals surface area contributed by atoms with Gasteiger partial charge in [-0.1, -0.05) is 17.7 Å². The molecule has 4 heterocycles. The van der Waals surface area contributed by atoms with Crippen molar-refractivity contribution in [1.82, 2.24) is 24.3 Å². The Morgan fingerprint density at radius 2 is 1.72 bits per heavy atom. The third kappa shape index (κ3) is 5.71. The molecular formula is C32H33ClFN5O4. The highest BCUT2D eigenvalue weighted by atomic mass is 35.5. The second kappa shape index (κ2) is 11.1. The Labute approximate surface area is 254 Å². The lowest BCUT2D eigenvalue weighted by molar-refractivity contribution is 0.0162. The molecule has 43 heavy (non-hydrogen) atoms. The SMILES string of the molecule is COC(=O)c1ccc(C(=O)N2CCN(C(=O)c3ccc4c(-c5ccc(Cl)c(F)c5)cn(C(C)(C)C)c4n3)C(C)(C)C2)nc1. The fourth-order valence-electron chi connectivity index (χ4n) is 5.39. The molecule has 0 spiro atoms. The smallest absolute Gasteiger partial charge is 0.339 e. The number of fused-ring (bicyclic) bond motifs is 1. The van der Waals surface area contributed by atoms with Crippen molar-refractivity contribution in [3.63, 3.8) is 0 Å². The number of pyridine rings is 2. The number of piperazine rings is 1. The molecule has 1 saturated heterocycles. The highest BCUT2D eigenvalue weighted by molar-refractivity contribution is 6.30. The number of esters is 1. The molecule has 4 aromatic rings. The van der Waals surface area contributed by atoms with Crippen molar-refractivity contribution in [2.45, 2.75) is 45.7 Å². The summed E-state index contributed by atoms with van der Waals surface area (Å²) in [6.45, 7) is 10.8. The molecule has 0 radical (unpaired) electrons. The number of ether oxygens (including phenoxy) is 1. The second-order valence-electron chi connectivity index (χ2n) is 12.2. The predicted molar refractivity (Wildman–Crippen MR) is 162 cm³/mol. The van der Waals surface area contributed by atoms with E-state index in [2.05, 4.69) is 4.98 Å². The van der Waals surface area contributed by atoms with Crippen LogP contribution < -0.4 is 0 Å². The van der Waals surface area contributed by atoms with E-state index in [4.69, 9.17) is 21.3 Å². The van der Waals surface area contributed by atoms with Crippen LogP contribution in [0, 0.1) is 5.82 Å². The van der Waals surface area contributed by atoms with Gasteiger partial charge in [0.15, 0.2) is 0 Å². The van der Waals surface area contributed by atoms with Gasteiger partial charge < -0.3 is 19.1 Å². The van der Waals surface area contributed by atoms with E-state index in [9.17, 15) is 18.8 Å². The summed E-state index contributed by atoms with van der Waals surface area (Å²) < 4.78 is 21.0. The Balaban J connectivity index is 1.41. The molecule has 0 atom stereocenters. The van der Waals surface area contributed by atoms with Gasteiger partial charge in [-0.25, -0.2) is 14.2 Å². The molecule has 5 rings (SSSR count). The molecule has 2 amide bonds. The van der Waals surface area contributed by atoms with Crippen molar-refractivity contribution in [3.8, 4) is 11.1 Å². The van der Waals surface area contributed by atoms with Gasteiger partial charge in [0.25, 0.3) is 11.8 Å². The number of carbonyl (C=O) groups excluding carboxylic acids is 3. The zero-order chi connectivity index (χ0) is 31.3. The number of carbonyl (C=O) groups is 3. The molecule has 0 bridgehead atoms. The van der Waals surface area contributed by atoms with Crippen LogP contribution in [0.1, 0.15) is 66.0 Å². The second-order valence-corrected chi connectivity index (χ2v) is 12.6. The van der Waals surface area contributed by atoms with Crippen LogP contribution in [0.15, 0.2) is 54.9 Å². The number of rotatable bonds is 4. The van der Waals surface area contributed by atoms with Gasteiger partial charge in [0, 0.05) is 48.5 Å². The third-order valence-electron chi connectivity index (χ3n) is 7.66. The van der Waals surface area contributed by atoms with Crippen LogP contribution in [0.5, 0.6) is 0 Å². The molecule has 1 aromatic carbocycles. The van der Waals surface area contributed by atoms with Crippen molar-refractivity contribution in [2.75, 3.05) is 26.7 Å². The minimum atomic E-state index is -0.703. The number of benzene rings is 1. The summed E-state index contributed by atoms with van der Waals surface area (Å²) in [6, 6.07) is 11.2. The lowest BCUT2D eigenvalue weighted by atomic mass is 9.97. The summed E-state index contributed by atoms with van der Waals surface area (Å²) in [5.74, 6) is -1.58. The van der Waals surface area contributed by atoms with Gasteiger partial charge in [0.2, 0.25) is 0 Å². The average Bonchev–Trinajstić information content (AvgIpc) is 3.36. The van der Waals surface area contributed by atoms with Crippen LogP contribution >= 0.6 is 11.6 Å². The van der Waals surface area contributed by atoms with Gasteiger partial charge in [-0.05, 0) is 76.6 Å². The maximum absolute atomic E-state index is 14.3. The molecule has 9 nitrogen and oxygen atoms in total. The Morgan fingerprint density at radius 3 is 2.33 bits per heavy atom. The lowest BCUT2D eigenvalue weighted by Gasteiger charge is -2.46. The first-order valence-electron chi connectivity index (χ1n) is 13.8. The van der Waals surface area contributed by atoms with E-state index < -0.39 is 17.3 Å². The van der Waals surface area contributed by atoms with Crippen LogP contribution in [0.4, 0.5) is 4.39 Å². The van der Waals surface area contributed by atoms with Crippen molar-refractivity contribution in [3.05, 3.63) is 82.6 Å². The van der Waals surface area contributed by atoms with Gasteiger partial charge in [-0.2, -0.15) is 0 Å². The van der Waals surface area contributed by atoms with E-state index in [0.29, 0.717) is 24.3 Å². The Morgan fingerprint density at radius 1 is 1.00 bits per heavy atom. The summed E-state index contributed by atoms with van der Waals surface area (Å²) in [5.41, 5.74) is 1.71. The van der Waals surface area contributed by atoms with Crippen LogP contribution in [-0.4, -0.2) is 74.4 Å². The molecule has 1 fully saturated rings. The standard InChI is InChI=1S/C32H33ClFN5O4/c1-31(2,3)39-17-22(19-7-10-23(33)24(34)15-19)21-9-12-26(36-27(21)39)29(41)38-14-13-37(18-32(38,4)5)28(40)25-11-8-20(16-35-25)30(42)43-6/h7-12,15-17H,13-14,18H2,1-6H3. The van der Waals surface area contributed by atoms with E-state index in [1.807, 2.05) is 51.4 Å². The molecule has 224 valence electrons. The summed E-state index contributed by atoms with van der Waals surface area (Å²) in [6.07, 6.45) is 3.24. The van der Waals surface area contributed by atoms with Crippen LogP contribution in [-0.2, 0) is 10.3 Å². The zero-order valence-electron chi connectivity index (χ0n) is 24.9. The molecule has 0 unspecified atom stereocenters. The van der Waals surface area contributed by atoms with Crippen LogP contribution in [0.25, 0.3) is 22.2 Å². The van der Waals surface area contributed by atoms with E-state index in [1.54, 1.807) is 21.9 Å². The maximum atomic E-state index is 14.3. The van der Waals surface area contributed by atoms with Crippen LogP contribution in [0.2, 0.25) is 5.02 Å². The van der Waals surface area contributed by atoms with Crippen molar-refractivity contribution in [1.29, 1.82) is 0 Å². The van der Waals surface area contributed by atoms with Crippen LogP contribution in [0.3, 0.4) is 0 Å². The van der Waals surface area contributed by atoms with Crippen molar-refractivity contribution < 1.29 is 23.5 Å². The highest BCUT2D eigenvalue weighted by Crippen LogP contribution is 2.35. The molecule has 3 aromatic heterocycles. The number of halogens is 2. The fraction of sp³-hybridized carbons (Fsp3) is 0.344. The van der Waals surface area contributed by atoms with Crippen molar-refractivity contribution in [2.24, 2.45) is 0 Å². The van der Waals surface area contributed by atoms with Gasteiger partial charge in [-0.15, -0.1) is 0 Å². The van der Waals surface area contributed by atoms with E-state index in [1.165, 1.54) is 37.6 Å². The normalized spacial score (nSPS) is 15.1. The summed E-state index contributed by atoms with van der Waals surface area (Å²) in [4.78, 5) is 51.2. The highest BCUT2D eigenvalue weighted by Gasteiger charge is 2.39. The molecule has 11 heteroatoms. The molecular weight excluding hydrogens is 573 g/mol. The van der Waals surface area contributed by atoms with Gasteiger partial charge in [-0.3, -0.25) is 14.6 Å². The minimum absolute atomic E-state index is 0.0477. The number of amides is 2. The third-order valence-corrected chi connectivity index (χ3v) is 7.97. The largest absolute Gasteiger partial charge is 0.465 e. The lowest BCUT2D eigenvalue weighted by Crippen LogP contribution is -2.62. The maximum Gasteiger partial charge on any atom is 0.339 e. The molecule has 0 aliphatic carbocycles. The average molecular weight is 606 g/mol. The minimum Gasteiger partial charge on any atom is -0.465 e. The molecule has 1 aliphatic heterocycles. The van der Waals surface area contributed by atoms with Gasteiger partial charge in [0.1, 0.15) is 22.9 Å². The number of hydrogen-bond donors (Lipinski definition) is 0. The Kier molecular flexibility index (Phi) is 7.77. The van der Waals surface area contributed by atoms with Crippen molar-refractivity contribution >= 4 is 40.4 Å². The summed E-state index contributed by atoms with van der Waals surface area (Å²) in [7, 11) is 1.28. The van der Waals surface area contributed by atoms with E-state index in [-0.39, 0.29) is 45.9 Å². The van der Waals surface area contributed by atoms with Gasteiger partial charge >= 0.3 is 5.97 Å². The number of nitrogens with zero attached hydrogens (tertiary/aromatic N) is 5. The van der Waals surface area contributed by atoms with E-state index in [0.717, 1.165) is 10.9 Å². The first-order chi connectivity index (χ1) is 20.2. The summed E-state index contributed by atoms with van der Waals surface area (Å²) in [5, 5.41) is 0.833. The summed E-state index contributed by atoms with van der Waals surface area (Å²) >= 11 is 5.92. The molecule has 1 aliphatic rings. The number of aromatic nitrogens is 3. The predicted octanol–water partition coefficient (Wildman–Crippen LogP) is 5.81.